The summed E-state index contributed by atoms with van der Waals surface area (Å²) in [4.78, 5) is 41.6. The Bertz CT molecular complexity index is 804. The lowest BCUT2D eigenvalue weighted by molar-refractivity contribution is -0.152. The first-order valence-corrected chi connectivity index (χ1v) is 9.91. The van der Waals surface area contributed by atoms with Crippen molar-refractivity contribution in [2.45, 2.75) is 51.6 Å². The van der Waals surface area contributed by atoms with Gasteiger partial charge in [0.15, 0.2) is 0 Å². The van der Waals surface area contributed by atoms with Gasteiger partial charge in [-0.2, -0.15) is 0 Å². The molecule has 30 heavy (non-hydrogen) atoms. The quantitative estimate of drug-likeness (QED) is 0.651. The maximum absolute atomic E-state index is 12.9. The highest BCUT2D eigenvalue weighted by atomic mass is 16.5. The second kappa shape index (κ2) is 10.2. The number of carbonyl (C=O) groups is 3. The molecule has 0 aliphatic heterocycles. The van der Waals surface area contributed by atoms with Crippen LogP contribution in [-0.2, 0) is 23.9 Å². The Morgan fingerprint density at radius 1 is 1.13 bits per heavy atom. The summed E-state index contributed by atoms with van der Waals surface area (Å²) in [5.74, 6) is -0.698. The lowest BCUT2D eigenvalue weighted by atomic mass is 9.78. The summed E-state index contributed by atoms with van der Waals surface area (Å²) in [7, 11) is 4.17. The van der Waals surface area contributed by atoms with E-state index in [1.54, 1.807) is 7.11 Å². The molecule has 164 valence electrons. The average molecular weight is 418 g/mol. The summed E-state index contributed by atoms with van der Waals surface area (Å²) in [6.07, 6.45) is 1.88. The number of nitrogens with one attached hydrogen (secondary N) is 1. The van der Waals surface area contributed by atoms with Gasteiger partial charge in [0.05, 0.1) is 27.4 Å². The number of amides is 1. The molecule has 0 spiro atoms. The largest absolute Gasteiger partial charge is 0.497 e. The third kappa shape index (κ3) is 5.17. The smallest absolute Gasteiger partial charge is 0.328 e. The van der Waals surface area contributed by atoms with Crippen LogP contribution in [0.25, 0.3) is 0 Å². The molecule has 8 nitrogen and oxygen atoms in total. The molecule has 1 N–H and O–H groups in total. The number of nitrogens with zero attached hydrogens (tertiary/aromatic N) is 1. The first-order chi connectivity index (χ1) is 14.3. The van der Waals surface area contributed by atoms with E-state index in [2.05, 4.69) is 5.32 Å². The predicted octanol–water partition coefficient (Wildman–Crippen LogP) is 2.61. The highest BCUT2D eigenvalue weighted by Gasteiger charge is 2.50. The summed E-state index contributed by atoms with van der Waals surface area (Å²) in [5, 5.41) is 2.59. The Hall–Kier alpha value is -2.90. The van der Waals surface area contributed by atoms with E-state index in [4.69, 9.17) is 19.2 Å². The molecule has 1 aliphatic rings. The summed E-state index contributed by atoms with van der Waals surface area (Å²) in [6, 6.07) is 6.40. The van der Waals surface area contributed by atoms with E-state index >= 15 is 0 Å². The van der Waals surface area contributed by atoms with E-state index in [0.29, 0.717) is 18.6 Å². The zero-order chi connectivity index (χ0) is 22.3. The fourth-order valence-electron chi connectivity index (χ4n) is 3.97. The predicted molar refractivity (Wildman–Crippen MR) is 111 cm³/mol. The standard InChI is InChI=1S/C22H30N2O6/c1-14(16-8-10-17(28-3)11-9-16)23-19-7-6-12-22(19,21(27)30-5)13-18(20(26)29-4)24-15(2)25/h8-11,14,18H,6-7,12-13H2,1-5H3,(H,24,25)/t14?,18-,22-/m0/s1. The Kier molecular flexibility index (Phi) is 7.97. The molecule has 8 heteroatoms. The molecule has 1 amide bonds. The van der Waals surface area contributed by atoms with Crippen molar-refractivity contribution in [1.29, 1.82) is 0 Å². The van der Waals surface area contributed by atoms with Crippen LogP contribution in [0, 0.1) is 5.41 Å². The van der Waals surface area contributed by atoms with E-state index < -0.39 is 23.4 Å². The molecule has 1 fully saturated rings. The van der Waals surface area contributed by atoms with Gasteiger partial charge in [0.2, 0.25) is 5.91 Å². The zero-order valence-electron chi connectivity index (χ0n) is 18.2. The Morgan fingerprint density at radius 2 is 1.80 bits per heavy atom. The maximum atomic E-state index is 12.9. The Balaban J connectivity index is 2.40. The molecule has 1 aromatic rings. The van der Waals surface area contributed by atoms with Crippen molar-refractivity contribution in [3.8, 4) is 5.75 Å². The topological polar surface area (TPSA) is 103 Å². The third-order valence-corrected chi connectivity index (χ3v) is 5.51. The average Bonchev–Trinajstić information content (AvgIpc) is 3.14. The lowest BCUT2D eigenvalue weighted by Gasteiger charge is -2.31. The van der Waals surface area contributed by atoms with Gasteiger partial charge in [-0.25, -0.2) is 4.79 Å². The van der Waals surface area contributed by atoms with Crippen molar-refractivity contribution < 1.29 is 28.6 Å². The van der Waals surface area contributed by atoms with E-state index in [-0.39, 0.29) is 18.4 Å². The molecule has 3 atom stereocenters. The van der Waals surface area contributed by atoms with Crippen LogP contribution in [0.5, 0.6) is 5.75 Å². The van der Waals surface area contributed by atoms with Gasteiger partial charge in [-0.05, 0) is 50.3 Å². The molecular weight excluding hydrogens is 388 g/mol. The molecule has 0 heterocycles. The minimum absolute atomic E-state index is 0.0418. The third-order valence-electron chi connectivity index (χ3n) is 5.51. The molecule has 2 rings (SSSR count). The lowest BCUT2D eigenvalue weighted by Crippen LogP contribution is -2.48. The molecule has 0 bridgehead atoms. The minimum atomic E-state index is -1.09. The van der Waals surface area contributed by atoms with Gasteiger partial charge in [0.25, 0.3) is 0 Å². The molecule has 1 aromatic carbocycles. The number of aliphatic imine (C=N–C) groups is 1. The number of rotatable bonds is 8. The van der Waals surface area contributed by atoms with Crippen LogP contribution in [-0.4, -0.2) is 50.9 Å². The number of carbonyl (C=O) groups excluding carboxylic acids is 3. The molecule has 1 saturated carbocycles. The molecular formula is C22H30N2O6. The van der Waals surface area contributed by atoms with Gasteiger partial charge in [-0.1, -0.05) is 12.1 Å². The minimum Gasteiger partial charge on any atom is -0.497 e. The normalized spacial score (nSPS) is 21.6. The fourth-order valence-corrected chi connectivity index (χ4v) is 3.97. The monoisotopic (exact) mass is 418 g/mol. The fraction of sp³-hybridized carbons (Fsp3) is 0.545. The van der Waals surface area contributed by atoms with Crippen LogP contribution in [0.1, 0.15) is 51.1 Å². The molecule has 1 aliphatic carbocycles. The Labute approximate surface area is 177 Å². The van der Waals surface area contributed by atoms with E-state index in [9.17, 15) is 14.4 Å². The van der Waals surface area contributed by atoms with Crippen molar-refractivity contribution in [2.75, 3.05) is 21.3 Å². The number of esters is 2. The van der Waals surface area contributed by atoms with Gasteiger partial charge in [-0.15, -0.1) is 0 Å². The van der Waals surface area contributed by atoms with Crippen LogP contribution >= 0.6 is 0 Å². The number of ether oxygens (including phenoxy) is 3. The summed E-state index contributed by atoms with van der Waals surface area (Å²) in [5.41, 5.74) is 0.564. The highest BCUT2D eigenvalue weighted by molar-refractivity contribution is 6.08. The highest BCUT2D eigenvalue weighted by Crippen LogP contribution is 2.42. The van der Waals surface area contributed by atoms with Crippen molar-refractivity contribution in [1.82, 2.24) is 5.32 Å². The molecule has 0 saturated heterocycles. The van der Waals surface area contributed by atoms with Gasteiger partial charge in [0, 0.05) is 12.6 Å². The van der Waals surface area contributed by atoms with Crippen LogP contribution in [0.4, 0.5) is 0 Å². The SMILES string of the molecule is COC(=O)[C@H](C[C@@]1(C(=O)OC)CCCC1=NC(C)c1ccc(OC)cc1)NC(C)=O. The molecule has 0 radical (unpaired) electrons. The van der Waals surface area contributed by atoms with Gasteiger partial charge in [-0.3, -0.25) is 14.6 Å². The molecule has 0 aromatic heterocycles. The number of benzene rings is 1. The summed E-state index contributed by atoms with van der Waals surface area (Å²) >= 11 is 0. The van der Waals surface area contributed by atoms with Crippen LogP contribution in [0.2, 0.25) is 0 Å². The number of methoxy groups -OCH3 is 3. The first kappa shape index (κ1) is 23.4. The zero-order valence-corrected chi connectivity index (χ0v) is 18.2. The van der Waals surface area contributed by atoms with Crippen molar-refractivity contribution in [3.63, 3.8) is 0 Å². The van der Waals surface area contributed by atoms with Gasteiger partial charge >= 0.3 is 11.9 Å². The summed E-state index contributed by atoms with van der Waals surface area (Å²) in [6.45, 7) is 3.26. The first-order valence-electron chi connectivity index (χ1n) is 9.91. The maximum Gasteiger partial charge on any atom is 0.328 e. The van der Waals surface area contributed by atoms with Crippen LogP contribution in [0.3, 0.4) is 0 Å². The van der Waals surface area contributed by atoms with Crippen LogP contribution in [0.15, 0.2) is 29.3 Å². The van der Waals surface area contributed by atoms with Gasteiger partial charge in [0.1, 0.15) is 17.2 Å². The van der Waals surface area contributed by atoms with Crippen molar-refractivity contribution in [3.05, 3.63) is 29.8 Å². The van der Waals surface area contributed by atoms with Gasteiger partial charge < -0.3 is 19.5 Å². The van der Waals surface area contributed by atoms with E-state index in [1.807, 2.05) is 31.2 Å². The van der Waals surface area contributed by atoms with Crippen molar-refractivity contribution in [2.24, 2.45) is 10.4 Å². The second-order valence-electron chi connectivity index (χ2n) is 7.43. The second-order valence-corrected chi connectivity index (χ2v) is 7.43. The van der Waals surface area contributed by atoms with Crippen LogP contribution < -0.4 is 10.1 Å². The Morgan fingerprint density at radius 3 is 2.33 bits per heavy atom. The number of hydrogen-bond acceptors (Lipinski definition) is 7. The van der Waals surface area contributed by atoms with E-state index in [0.717, 1.165) is 17.7 Å². The number of hydrogen-bond donors (Lipinski definition) is 1. The van der Waals surface area contributed by atoms with Crippen molar-refractivity contribution >= 4 is 23.6 Å². The van der Waals surface area contributed by atoms with E-state index in [1.165, 1.54) is 21.1 Å². The summed E-state index contributed by atoms with van der Waals surface area (Å²) < 4.78 is 15.1. The molecule has 1 unspecified atom stereocenters.